The summed E-state index contributed by atoms with van der Waals surface area (Å²) in [7, 11) is -2.53. The van der Waals surface area contributed by atoms with Gasteiger partial charge >= 0.3 is 11.9 Å². The first kappa shape index (κ1) is 20.3. The Bertz CT molecular complexity index is 786. The van der Waals surface area contributed by atoms with Gasteiger partial charge in [0.2, 0.25) is 10.0 Å². The number of rotatable bonds is 8. The number of aryl methyl sites for hydroxylation is 1. The Hall–Kier alpha value is -1.97. The van der Waals surface area contributed by atoms with Crippen LogP contribution in [-0.2, 0) is 19.6 Å². The fourth-order valence-electron chi connectivity index (χ4n) is 3.04. The van der Waals surface area contributed by atoms with Crippen molar-refractivity contribution in [3.05, 3.63) is 29.3 Å². The summed E-state index contributed by atoms with van der Waals surface area (Å²) >= 11 is 0. The molecule has 1 aliphatic carbocycles. The quantitative estimate of drug-likeness (QED) is 0.643. The topological polar surface area (TPSA) is 113 Å². The second kappa shape index (κ2) is 8.15. The van der Waals surface area contributed by atoms with Crippen molar-refractivity contribution in [1.82, 2.24) is 9.62 Å². The molecule has 1 fully saturated rings. The third kappa shape index (κ3) is 4.60. The van der Waals surface area contributed by atoms with E-state index >= 15 is 0 Å². The van der Waals surface area contributed by atoms with E-state index in [0.717, 1.165) is 0 Å². The summed E-state index contributed by atoms with van der Waals surface area (Å²) in [6, 6.07) is 4.12. The summed E-state index contributed by atoms with van der Waals surface area (Å²) in [5.74, 6) is -1.48. The fraction of sp³-hybridized carbons (Fsp3) is 0.529. The van der Waals surface area contributed by atoms with E-state index in [1.807, 2.05) is 11.8 Å². The highest BCUT2D eigenvalue weighted by Crippen LogP contribution is 2.27. The molecule has 0 amide bonds. The lowest BCUT2D eigenvalue weighted by atomic mass is 9.86. The average molecular weight is 384 g/mol. The molecule has 0 unspecified atom stereocenters. The lowest BCUT2D eigenvalue weighted by Gasteiger charge is -2.42. The molecule has 0 spiro atoms. The van der Waals surface area contributed by atoms with Crippen LogP contribution in [0.4, 0.5) is 0 Å². The molecule has 8 nitrogen and oxygen atoms in total. The smallest absolute Gasteiger partial charge is 0.338 e. The SMILES string of the molecule is CCN(CC(=O)O)C1CC(NS(=O)(=O)c2ccc(C)c(C(=O)OC)c2)C1. The second-order valence-electron chi connectivity index (χ2n) is 6.37. The maximum absolute atomic E-state index is 12.6. The van der Waals surface area contributed by atoms with Crippen LogP contribution in [0.15, 0.2) is 23.1 Å². The van der Waals surface area contributed by atoms with E-state index in [2.05, 4.69) is 9.46 Å². The van der Waals surface area contributed by atoms with Gasteiger partial charge in [-0.05, 0) is 44.0 Å². The zero-order chi connectivity index (χ0) is 19.5. The van der Waals surface area contributed by atoms with E-state index in [9.17, 15) is 18.0 Å². The molecule has 0 saturated heterocycles. The normalized spacial score (nSPS) is 19.8. The van der Waals surface area contributed by atoms with Crippen LogP contribution in [0.3, 0.4) is 0 Å². The fourth-order valence-corrected chi connectivity index (χ4v) is 4.33. The van der Waals surface area contributed by atoms with Gasteiger partial charge in [-0.2, -0.15) is 0 Å². The van der Waals surface area contributed by atoms with Crippen molar-refractivity contribution in [1.29, 1.82) is 0 Å². The summed E-state index contributed by atoms with van der Waals surface area (Å²) in [6.45, 7) is 4.12. The molecule has 1 aromatic rings. The molecule has 0 bridgehead atoms. The Morgan fingerprint density at radius 2 is 2.00 bits per heavy atom. The maximum atomic E-state index is 12.6. The number of likely N-dealkylation sites (N-methyl/N-ethyl adjacent to an activating group) is 1. The number of aliphatic carboxylic acids is 1. The van der Waals surface area contributed by atoms with Gasteiger partial charge in [-0.25, -0.2) is 17.9 Å². The van der Waals surface area contributed by atoms with Crippen molar-refractivity contribution < 1.29 is 27.9 Å². The van der Waals surface area contributed by atoms with Crippen LogP contribution in [0.2, 0.25) is 0 Å². The highest BCUT2D eigenvalue weighted by atomic mass is 32.2. The lowest BCUT2D eigenvalue weighted by molar-refractivity contribution is -0.139. The summed E-state index contributed by atoms with van der Waals surface area (Å²) in [4.78, 5) is 24.4. The third-order valence-corrected chi connectivity index (χ3v) is 6.14. The van der Waals surface area contributed by atoms with Crippen molar-refractivity contribution in [3.8, 4) is 0 Å². The molecule has 2 N–H and O–H groups in total. The van der Waals surface area contributed by atoms with Crippen LogP contribution in [0.1, 0.15) is 35.7 Å². The minimum atomic E-state index is -3.77. The van der Waals surface area contributed by atoms with Crippen molar-refractivity contribution in [2.75, 3.05) is 20.2 Å². The molecular formula is C17H24N2O6S. The van der Waals surface area contributed by atoms with Gasteiger partial charge in [-0.3, -0.25) is 9.69 Å². The first-order valence-electron chi connectivity index (χ1n) is 8.35. The van der Waals surface area contributed by atoms with E-state index in [-0.39, 0.29) is 29.1 Å². The van der Waals surface area contributed by atoms with E-state index in [1.54, 1.807) is 13.0 Å². The van der Waals surface area contributed by atoms with Crippen molar-refractivity contribution in [3.63, 3.8) is 0 Å². The number of carboxylic acids is 1. The van der Waals surface area contributed by atoms with Gasteiger partial charge in [0.15, 0.2) is 0 Å². The third-order valence-electron chi connectivity index (χ3n) is 4.62. The average Bonchev–Trinajstić information content (AvgIpc) is 2.55. The number of sulfonamides is 1. The van der Waals surface area contributed by atoms with Gasteiger partial charge < -0.3 is 9.84 Å². The number of nitrogens with zero attached hydrogens (tertiary/aromatic N) is 1. The van der Waals surface area contributed by atoms with E-state index in [4.69, 9.17) is 5.11 Å². The Morgan fingerprint density at radius 3 is 2.54 bits per heavy atom. The zero-order valence-electron chi connectivity index (χ0n) is 15.1. The van der Waals surface area contributed by atoms with Gasteiger partial charge in [-0.1, -0.05) is 13.0 Å². The standard InChI is InChI=1S/C17H24N2O6S/c1-4-19(10-16(20)21)13-7-12(8-13)18-26(23,24)14-6-5-11(2)15(9-14)17(22)25-3/h5-6,9,12-13,18H,4,7-8,10H2,1-3H3,(H,20,21). The van der Waals surface area contributed by atoms with Gasteiger partial charge in [0.05, 0.1) is 24.1 Å². The summed E-state index contributed by atoms with van der Waals surface area (Å²) in [6.07, 6.45) is 1.10. The molecule has 0 aromatic heterocycles. The summed E-state index contributed by atoms with van der Waals surface area (Å²) in [5.41, 5.74) is 0.840. The summed E-state index contributed by atoms with van der Waals surface area (Å²) < 4.78 is 32.4. The van der Waals surface area contributed by atoms with E-state index in [0.29, 0.717) is 24.9 Å². The number of esters is 1. The molecule has 1 aromatic carbocycles. The molecule has 26 heavy (non-hydrogen) atoms. The summed E-state index contributed by atoms with van der Waals surface area (Å²) in [5, 5.41) is 8.91. The van der Waals surface area contributed by atoms with Crippen LogP contribution >= 0.6 is 0 Å². The number of hydrogen-bond acceptors (Lipinski definition) is 6. The molecule has 144 valence electrons. The van der Waals surface area contributed by atoms with Crippen LogP contribution in [0.25, 0.3) is 0 Å². The van der Waals surface area contributed by atoms with Gasteiger partial charge in [0, 0.05) is 12.1 Å². The molecule has 2 rings (SSSR count). The largest absolute Gasteiger partial charge is 0.480 e. The van der Waals surface area contributed by atoms with Crippen molar-refractivity contribution >= 4 is 22.0 Å². The van der Waals surface area contributed by atoms with Crippen LogP contribution < -0.4 is 4.72 Å². The Labute approximate surface area is 153 Å². The van der Waals surface area contributed by atoms with E-state index in [1.165, 1.54) is 19.2 Å². The van der Waals surface area contributed by atoms with Crippen LogP contribution in [-0.4, -0.2) is 62.6 Å². The molecule has 1 saturated carbocycles. The Balaban J connectivity index is 2.05. The lowest BCUT2D eigenvalue weighted by Crippen LogP contribution is -2.54. The number of methoxy groups -OCH3 is 1. The molecule has 0 atom stereocenters. The first-order chi connectivity index (χ1) is 12.2. The van der Waals surface area contributed by atoms with Crippen molar-refractivity contribution in [2.45, 2.75) is 43.7 Å². The molecular weight excluding hydrogens is 360 g/mol. The number of carboxylic acid groups (broad SMARTS) is 1. The second-order valence-corrected chi connectivity index (χ2v) is 8.08. The predicted octanol–water partition coefficient (Wildman–Crippen LogP) is 0.997. The minimum absolute atomic E-state index is 0.00448. The monoisotopic (exact) mass is 384 g/mol. The number of carbonyl (C=O) groups excluding carboxylic acids is 1. The molecule has 0 aliphatic heterocycles. The highest BCUT2D eigenvalue weighted by Gasteiger charge is 2.36. The van der Waals surface area contributed by atoms with Crippen LogP contribution in [0, 0.1) is 6.92 Å². The van der Waals surface area contributed by atoms with Gasteiger partial charge in [0.25, 0.3) is 0 Å². The molecule has 0 radical (unpaired) electrons. The molecule has 0 heterocycles. The number of nitrogens with one attached hydrogen (secondary N) is 1. The number of ether oxygens (including phenoxy) is 1. The minimum Gasteiger partial charge on any atom is -0.480 e. The zero-order valence-corrected chi connectivity index (χ0v) is 15.9. The first-order valence-corrected chi connectivity index (χ1v) is 9.83. The van der Waals surface area contributed by atoms with Gasteiger partial charge in [0.1, 0.15) is 0 Å². The number of benzene rings is 1. The van der Waals surface area contributed by atoms with Crippen molar-refractivity contribution in [2.24, 2.45) is 0 Å². The number of hydrogen-bond donors (Lipinski definition) is 2. The molecule has 1 aliphatic rings. The van der Waals surface area contributed by atoms with Gasteiger partial charge in [-0.15, -0.1) is 0 Å². The predicted molar refractivity (Wildman–Crippen MR) is 94.5 cm³/mol. The maximum Gasteiger partial charge on any atom is 0.338 e. The molecule has 9 heteroatoms. The Kier molecular flexibility index (Phi) is 6.38. The van der Waals surface area contributed by atoms with Crippen LogP contribution in [0.5, 0.6) is 0 Å². The highest BCUT2D eigenvalue weighted by molar-refractivity contribution is 7.89. The van der Waals surface area contributed by atoms with E-state index < -0.39 is 22.0 Å². The Morgan fingerprint density at radius 1 is 1.35 bits per heavy atom. The number of carbonyl (C=O) groups is 2.